The molecule has 0 saturated heterocycles. The Balaban J connectivity index is 2.05. The predicted octanol–water partition coefficient (Wildman–Crippen LogP) is 2.62. The lowest BCUT2D eigenvalue weighted by Crippen LogP contribution is -2.42. The van der Waals surface area contributed by atoms with Crippen LogP contribution >= 0.6 is 0 Å². The fourth-order valence-corrected chi connectivity index (χ4v) is 4.18. The van der Waals surface area contributed by atoms with Crippen LogP contribution in [0, 0.1) is 5.92 Å². The molecule has 0 bridgehead atoms. The number of amides is 1. The molecule has 34 heavy (non-hydrogen) atoms. The average Bonchev–Trinajstić information content (AvgIpc) is 2.86. The molecule has 9 nitrogen and oxygen atoms in total. The van der Waals surface area contributed by atoms with Gasteiger partial charge >= 0.3 is 0 Å². The molecule has 1 amide bonds. The summed E-state index contributed by atoms with van der Waals surface area (Å²) in [5.41, 5.74) is 0.726. The molecule has 186 valence electrons. The van der Waals surface area contributed by atoms with Crippen molar-refractivity contribution in [3.63, 3.8) is 0 Å². The summed E-state index contributed by atoms with van der Waals surface area (Å²) < 4.78 is 28.0. The van der Waals surface area contributed by atoms with Crippen LogP contribution < -0.4 is 5.43 Å². The van der Waals surface area contributed by atoms with Gasteiger partial charge in [0, 0.05) is 51.9 Å². The summed E-state index contributed by atoms with van der Waals surface area (Å²) in [7, 11) is 4.61. The van der Waals surface area contributed by atoms with Crippen molar-refractivity contribution in [1.29, 1.82) is 0 Å². The van der Waals surface area contributed by atoms with E-state index in [1.165, 1.54) is 25.4 Å². The van der Waals surface area contributed by atoms with Crippen LogP contribution in [0.5, 0.6) is 0 Å². The molecule has 0 spiro atoms. The quantitative estimate of drug-likeness (QED) is 0.494. The minimum Gasteiger partial charge on any atom is -0.464 e. The number of fused-ring (bicyclic) bond motifs is 1. The van der Waals surface area contributed by atoms with Crippen LogP contribution in [0.1, 0.15) is 31.2 Å². The molecule has 0 saturated carbocycles. The molecule has 2 heterocycles. The van der Waals surface area contributed by atoms with Crippen molar-refractivity contribution in [1.82, 2.24) is 4.90 Å². The van der Waals surface area contributed by atoms with Crippen LogP contribution in [0.2, 0.25) is 0 Å². The molecular weight excluding hydrogens is 442 g/mol. The van der Waals surface area contributed by atoms with Gasteiger partial charge in [0.1, 0.15) is 5.58 Å². The van der Waals surface area contributed by atoms with E-state index in [0.29, 0.717) is 36.0 Å². The number of carbonyl (C=O) groups is 1. The van der Waals surface area contributed by atoms with E-state index >= 15 is 0 Å². The third kappa shape index (κ3) is 5.67. The second-order valence-electron chi connectivity index (χ2n) is 8.13. The Bertz CT molecular complexity index is 1040. The number of rotatable bonds is 11. The van der Waals surface area contributed by atoms with Crippen molar-refractivity contribution in [2.24, 2.45) is 5.92 Å². The fourth-order valence-electron chi connectivity index (χ4n) is 4.18. The Morgan fingerprint density at radius 1 is 1.24 bits per heavy atom. The molecule has 3 rings (SSSR count). The van der Waals surface area contributed by atoms with E-state index in [2.05, 4.69) is 0 Å². The third-order valence-electron chi connectivity index (χ3n) is 5.98. The minimum absolute atomic E-state index is 0.0118. The number of aliphatic hydroxyl groups excluding tert-OH is 1. The van der Waals surface area contributed by atoms with Crippen molar-refractivity contribution in [2.45, 2.75) is 38.3 Å². The van der Waals surface area contributed by atoms with Crippen LogP contribution in [0.25, 0.3) is 11.0 Å². The first kappa shape index (κ1) is 25.9. The lowest BCUT2D eigenvalue weighted by Gasteiger charge is -2.37. The van der Waals surface area contributed by atoms with Gasteiger partial charge in [-0.15, -0.1) is 0 Å². The van der Waals surface area contributed by atoms with Gasteiger partial charge in [0.2, 0.25) is 6.29 Å². The number of carbonyl (C=O) groups excluding carboxylic acids is 1. The van der Waals surface area contributed by atoms with E-state index in [-0.39, 0.29) is 36.2 Å². The van der Waals surface area contributed by atoms with Crippen molar-refractivity contribution in [2.75, 3.05) is 41.0 Å². The van der Waals surface area contributed by atoms with Gasteiger partial charge in [-0.3, -0.25) is 9.59 Å². The number of allylic oxidation sites excluding steroid dienone is 1. The molecule has 1 aliphatic heterocycles. The van der Waals surface area contributed by atoms with E-state index in [1.54, 1.807) is 37.4 Å². The summed E-state index contributed by atoms with van der Waals surface area (Å²) in [4.78, 5) is 28.1. The predicted molar refractivity (Wildman–Crippen MR) is 125 cm³/mol. The second kappa shape index (κ2) is 12.1. The van der Waals surface area contributed by atoms with Crippen LogP contribution in [-0.2, 0) is 23.7 Å². The van der Waals surface area contributed by atoms with Gasteiger partial charge in [0.25, 0.3) is 5.91 Å². The molecule has 0 aliphatic carbocycles. The SMILES string of the molecule is CCO[C@H]1OC(C(=O)N(C)CC(OC)OC)=C[C@@H](c2coc3ccccc3c2=O)[C@@H]1CCCO. The number of methoxy groups -OCH3 is 2. The van der Waals surface area contributed by atoms with E-state index in [1.807, 2.05) is 6.92 Å². The molecule has 9 heteroatoms. The van der Waals surface area contributed by atoms with Crippen LogP contribution in [0.4, 0.5) is 0 Å². The van der Waals surface area contributed by atoms with Crippen molar-refractivity contribution in [3.05, 3.63) is 58.2 Å². The molecule has 0 radical (unpaired) electrons. The summed E-state index contributed by atoms with van der Waals surface area (Å²) in [6, 6.07) is 7.03. The van der Waals surface area contributed by atoms with Crippen molar-refractivity contribution >= 4 is 16.9 Å². The Labute approximate surface area is 198 Å². The lowest BCUT2D eigenvalue weighted by molar-refractivity contribution is -0.172. The Morgan fingerprint density at radius 2 is 1.97 bits per heavy atom. The zero-order valence-corrected chi connectivity index (χ0v) is 20.1. The minimum atomic E-state index is -0.773. The summed E-state index contributed by atoms with van der Waals surface area (Å²) >= 11 is 0. The number of nitrogens with zero attached hydrogens (tertiary/aromatic N) is 1. The third-order valence-corrected chi connectivity index (χ3v) is 5.98. The van der Waals surface area contributed by atoms with Crippen LogP contribution in [0.15, 0.2) is 51.6 Å². The number of ether oxygens (including phenoxy) is 4. The van der Waals surface area contributed by atoms with Gasteiger partial charge in [-0.05, 0) is 38.0 Å². The van der Waals surface area contributed by atoms with Gasteiger partial charge in [0.05, 0.1) is 18.2 Å². The molecule has 1 aromatic heterocycles. The lowest BCUT2D eigenvalue weighted by atomic mass is 9.81. The van der Waals surface area contributed by atoms with Crippen molar-refractivity contribution in [3.8, 4) is 0 Å². The highest BCUT2D eigenvalue weighted by Crippen LogP contribution is 2.39. The Morgan fingerprint density at radius 3 is 2.65 bits per heavy atom. The average molecular weight is 476 g/mol. The normalized spacial score (nSPS) is 20.3. The Hall–Kier alpha value is -2.72. The molecule has 1 aromatic carbocycles. The molecule has 1 aliphatic rings. The first-order valence-corrected chi connectivity index (χ1v) is 11.4. The maximum Gasteiger partial charge on any atom is 0.288 e. The first-order valence-electron chi connectivity index (χ1n) is 11.4. The van der Waals surface area contributed by atoms with Crippen LogP contribution in [-0.4, -0.2) is 69.5 Å². The van der Waals surface area contributed by atoms with Gasteiger partial charge in [-0.25, -0.2) is 0 Å². The van der Waals surface area contributed by atoms with E-state index in [4.69, 9.17) is 23.4 Å². The van der Waals surface area contributed by atoms with Gasteiger partial charge in [0.15, 0.2) is 17.5 Å². The maximum absolute atomic E-state index is 13.4. The zero-order valence-electron chi connectivity index (χ0n) is 20.1. The fraction of sp³-hybridized carbons (Fsp3) is 0.520. The monoisotopic (exact) mass is 475 g/mol. The standard InChI is InChI=1S/C25H33NO8/c1-5-32-25-16(10-8-12-27)18(19-15-33-20-11-7-6-9-17(20)23(19)28)13-21(34-25)24(29)26(2)14-22(30-3)31-4/h6-7,9,11,13,15-16,18,22,25,27H,5,8,10,12,14H2,1-4H3/t16-,18+,25-/m0/s1. The van der Waals surface area contributed by atoms with Crippen LogP contribution in [0.3, 0.4) is 0 Å². The van der Waals surface area contributed by atoms with E-state index in [9.17, 15) is 14.7 Å². The molecule has 1 N–H and O–H groups in total. The van der Waals surface area contributed by atoms with E-state index in [0.717, 1.165) is 0 Å². The topological polar surface area (TPSA) is 108 Å². The number of hydrogen-bond acceptors (Lipinski definition) is 8. The van der Waals surface area contributed by atoms with E-state index < -0.39 is 18.5 Å². The largest absolute Gasteiger partial charge is 0.464 e. The number of aliphatic hydroxyl groups is 1. The van der Waals surface area contributed by atoms with Gasteiger partial charge < -0.3 is 33.4 Å². The summed E-state index contributed by atoms with van der Waals surface area (Å²) in [5.74, 6) is -1.13. The highest BCUT2D eigenvalue weighted by Gasteiger charge is 2.40. The van der Waals surface area contributed by atoms with Gasteiger partial charge in [-0.2, -0.15) is 0 Å². The highest BCUT2D eigenvalue weighted by atomic mass is 16.7. The molecule has 2 aromatic rings. The number of para-hydroxylation sites is 1. The summed E-state index contributed by atoms with van der Waals surface area (Å²) in [6.45, 7) is 2.36. The number of likely N-dealkylation sites (N-methyl/N-ethyl adjacent to an activating group) is 1. The molecule has 0 fully saturated rings. The van der Waals surface area contributed by atoms with Gasteiger partial charge in [-0.1, -0.05) is 12.1 Å². The maximum atomic E-state index is 13.4. The molecule has 0 unspecified atom stereocenters. The summed E-state index contributed by atoms with van der Waals surface area (Å²) in [5, 5.41) is 9.91. The summed E-state index contributed by atoms with van der Waals surface area (Å²) in [6.07, 6.45) is 2.76. The zero-order chi connectivity index (χ0) is 24.7. The molecule has 3 atom stereocenters. The van der Waals surface area contributed by atoms with Crippen molar-refractivity contribution < 1.29 is 33.3 Å². The Kier molecular flexibility index (Phi) is 9.23. The second-order valence-corrected chi connectivity index (χ2v) is 8.13. The number of hydrogen-bond donors (Lipinski definition) is 1. The highest BCUT2D eigenvalue weighted by molar-refractivity contribution is 5.91. The number of benzene rings is 1. The smallest absolute Gasteiger partial charge is 0.288 e. The first-order chi connectivity index (χ1) is 16.4. The molecular formula is C25H33NO8.